The van der Waals surface area contributed by atoms with Crippen LogP contribution < -0.4 is 10.3 Å². The summed E-state index contributed by atoms with van der Waals surface area (Å²) in [7, 11) is 1.53. The highest BCUT2D eigenvalue weighted by atomic mass is 32.1. The van der Waals surface area contributed by atoms with Gasteiger partial charge in [0.1, 0.15) is 0 Å². The van der Waals surface area contributed by atoms with E-state index in [9.17, 15) is 4.79 Å². The van der Waals surface area contributed by atoms with Crippen LogP contribution >= 0.6 is 11.3 Å². The highest BCUT2D eigenvalue weighted by Crippen LogP contribution is 2.55. The Balaban J connectivity index is 1.79. The summed E-state index contributed by atoms with van der Waals surface area (Å²) in [5, 5.41) is 1.86. The van der Waals surface area contributed by atoms with E-state index >= 15 is 0 Å². The van der Waals surface area contributed by atoms with Gasteiger partial charge in [0, 0.05) is 29.9 Å². The minimum Gasteiger partial charge on any atom is -0.490 e. The fourth-order valence-electron chi connectivity index (χ4n) is 2.78. The summed E-state index contributed by atoms with van der Waals surface area (Å²) >= 11 is 1.46. The Labute approximate surface area is 124 Å². The highest BCUT2D eigenvalue weighted by molar-refractivity contribution is 7.15. The van der Waals surface area contributed by atoms with Crippen molar-refractivity contribution in [2.75, 3.05) is 7.11 Å². The number of ether oxygens (including phenoxy) is 1. The maximum atomic E-state index is 12.4. The van der Waals surface area contributed by atoms with Crippen molar-refractivity contribution < 1.29 is 4.74 Å². The number of nitrogens with zero attached hydrogens (tertiary/aromatic N) is 3. The summed E-state index contributed by atoms with van der Waals surface area (Å²) in [6.45, 7) is 0. The number of aromatic nitrogens is 3. The largest absolute Gasteiger partial charge is 0.490 e. The number of hydrogen-bond donors (Lipinski definition) is 0. The minimum atomic E-state index is -0.129. The van der Waals surface area contributed by atoms with E-state index in [0.717, 1.165) is 12.1 Å². The van der Waals surface area contributed by atoms with Crippen LogP contribution in [0, 0.1) is 0 Å². The van der Waals surface area contributed by atoms with E-state index in [0.29, 0.717) is 16.6 Å². The standard InChI is InChI=1S/C15H13N3O2S/c1-20-13-12(17-15-18(14(13)19)5-6-21-15)11-7-10(11)9-3-2-4-16-8-9/h2-6,8,10-11H,7H2,1H3/t10-,11+/m0/s1. The number of thiazole rings is 1. The van der Waals surface area contributed by atoms with Crippen molar-refractivity contribution >= 4 is 16.3 Å². The van der Waals surface area contributed by atoms with Crippen LogP contribution in [0.15, 0.2) is 40.9 Å². The van der Waals surface area contributed by atoms with Crippen molar-refractivity contribution in [2.45, 2.75) is 18.3 Å². The third-order valence-electron chi connectivity index (χ3n) is 3.91. The molecule has 106 valence electrons. The quantitative estimate of drug-likeness (QED) is 0.745. The van der Waals surface area contributed by atoms with Gasteiger partial charge in [-0.1, -0.05) is 6.07 Å². The van der Waals surface area contributed by atoms with Gasteiger partial charge in [0.15, 0.2) is 4.96 Å². The number of methoxy groups -OCH3 is 1. The molecule has 0 saturated heterocycles. The molecule has 3 heterocycles. The molecule has 5 nitrogen and oxygen atoms in total. The van der Waals surface area contributed by atoms with E-state index < -0.39 is 0 Å². The van der Waals surface area contributed by atoms with E-state index in [4.69, 9.17) is 4.74 Å². The Morgan fingerprint density at radius 3 is 3.10 bits per heavy atom. The van der Waals surface area contributed by atoms with Gasteiger partial charge in [0.05, 0.1) is 12.8 Å². The van der Waals surface area contributed by atoms with Crippen molar-refractivity contribution in [3.63, 3.8) is 0 Å². The molecular formula is C15H13N3O2S. The van der Waals surface area contributed by atoms with Crippen molar-refractivity contribution in [3.05, 3.63) is 57.7 Å². The van der Waals surface area contributed by atoms with Crippen LogP contribution in [-0.4, -0.2) is 21.5 Å². The van der Waals surface area contributed by atoms with Crippen molar-refractivity contribution in [1.82, 2.24) is 14.4 Å². The SMILES string of the molecule is COc1c([C@@H]2C[C@H]2c2cccnc2)nc2sccn2c1=O. The summed E-state index contributed by atoms with van der Waals surface area (Å²) in [6.07, 6.45) is 6.36. The Morgan fingerprint density at radius 2 is 2.33 bits per heavy atom. The lowest BCUT2D eigenvalue weighted by Gasteiger charge is -2.07. The molecule has 0 radical (unpaired) electrons. The molecule has 21 heavy (non-hydrogen) atoms. The fraction of sp³-hybridized carbons (Fsp3) is 0.267. The maximum absolute atomic E-state index is 12.4. The predicted molar refractivity (Wildman–Crippen MR) is 80.2 cm³/mol. The van der Waals surface area contributed by atoms with Gasteiger partial charge in [0.2, 0.25) is 5.75 Å². The average Bonchev–Trinajstić information content (AvgIpc) is 3.18. The van der Waals surface area contributed by atoms with E-state index in [1.165, 1.54) is 28.4 Å². The first kappa shape index (κ1) is 12.5. The maximum Gasteiger partial charge on any atom is 0.301 e. The van der Waals surface area contributed by atoms with Crippen LogP contribution in [0.4, 0.5) is 0 Å². The van der Waals surface area contributed by atoms with E-state index in [1.807, 2.05) is 17.6 Å². The second kappa shape index (κ2) is 4.66. The van der Waals surface area contributed by atoms with Crippen LogP contribution in [0.3, 0.4) is 0 Å². The van der Waals surface area contributed by atoms with Gasteiger partial charge < -0.3 is 4.74 Å². The second-order valence-corrected chi connectivity index (χ2v) is 6.00. The lowest BCUT2D eigenvalue weighted by molar-refractivity contribution is 0.399. The lowest BCUT2D eigenvalue weighted by Crippen LogP contribution is -2.17. The van der Waals surface area contributed by atoms with Gasteiger partial charge >= 0.3 is 5.56 Å². The first-order chi connectivity index (χ1) is 10.3. The summed E-state index contributed by atoms with van der Waals surface area (Å²) in [5.74, 6) is 0.980. The van der Waals surface area contributed by atoms with Crippen molar-refractivity contribution in [3.8, 4) is 5.75 Å². The Hall–Kier alpha value is -2.21. The molecule has 0 aromatic carbocycles. The molecule has 0 amide bonds. The van der Waals surface area contributed by atoms with Crippen LogP contribution in [-0.2, 0) is 0 Å². The normalized spacial score (nSPS) is 20.6. The molecule has 0 aliphatic heterocycles. The van der Waals surface area contributed by atoms with Crippen LogP contribution in [0.25, 0.3) is 4.96 Å². The first-order valence-corrected chi connectivity index (χ1v) is 7.61. The number of hydrogen-bond acceptors (Lipinski definition) is 5. The summed E-state index contributed by atoms with van der Waals surface area (Å²) < 4.78 is 6.87. The zero-order valence-corrected chi connectivity index (χ0v) is 12.2. The molecule has 1 aliphatic carbocycles. The smallest absolute Gasteiger partial charge is 0.301 e. The molecule has 0 spiro atoms. The van der Waals surface area contributed by atoms with Gasteiger partial charge in [-0.3, -0.25) is 14.2 Å². The van der Waals surface area contributed by atoms with Gasteiger partial charge in [-0.2, -0.15) is 0 Å². The summed E-state index contributed by atoms with van der Waals surface area (Å²) in [5.41, 5.74) is 1.84. The van der Waals surface area contributed by atoms with Crippen molar-refractivity contribution in [1.29, 1.82) is 0 Å². The molecule has 2 atom stereocenters. The monoisotopic (exact) mass is 299 g/mol. The lowest BCUT2D eigenvalue weighted by atomic mass is 10.1. The zero-order valence-electron chi connectivity index (χ0n) is 11.4. The van der Waals surface area contributed by atoms with Crippen LogP contribution in [0.2, 0.25) is 0 Å². The number of pyridine rings is 1. The zero-order chi connectivity index (χ0) is 14.4. The molecule has 3 aromatic rings. The highest BCUT2D eigenvalue weighted by Gasteiger charge is 2.43. The molecular weight excluding hydrogens is 286 g/mol. The van der Waals surface area contributed by atoms with Crippen LogP contribution in [0.1, 0.15) is 29.5 Å². The molecule has 6 heteroatoms. The Morgan fingerprint density at radius 1 is 1.43 bits per heavy atom. The summed E-state index contributed by atoms with van der Waals surface area (Å²) in [4.78, 5) is 21.9. The van der Waals surface area contributed by atoms with Crippen molar-refractivity contribution in [2.24, 2.45) is 0 Å². The molecule has 1 fully saturated rings. The van der Waals surface area contributed by atoms with E-state index in [2.05, 4.69) is 16.0 Å². The van der Waals surface area contributed by atoms with Gasteiger partial charge in [0.25, 0.3) is 0 Å². The summed E-state index contributed by atoms with van der Waals surface area (Å²) in [6, 6.07) is 4.01. The second-order valence-electron chi connectivity index (χ2n) is 5.13. The molecule has 0 bridgehead atoms. The van der Waals surface area contributed by atoms with E-state index in [1.54, 1.807) is 12.4 Å². The third kappa shape index (κ3) is 1.94. The first-order valence-electron chi connectivity index (χ1n) is 6.73. The molecule has 1 aliphatic rings. The Bertz CT molecular complexity index is 856. The topological polar surface area (TPSA) is 56.5 Å². The van der Waals surface area contributed by atoms with Crippen LogP contribution in [0.5, 0.6) is 5.75 Å². The Kier molecular flexibility index (Phi) is 2.78. The number of fused-ring (bicyclic) bond motifs is 1. The van der Waals surface area contributed by atoms with E-state index in [-0.39, 0.29) is 11.5 Å². The van der Waals surface area contributed by atoms with Gasteiger partial charge in [-0.25, -0.2) is 4.98 Å². The number of rotatable bonds is 3. The minimum absolute atomic E-state index is 0.129. The molecule has 1 saturated carbocycles. The van der Waals surface area contributed by atoms with Gasteiger partial charge in [-0.05, 0) is 24.0 Å². The molecule has 0 unspecified atom stereocenters. The molecule has 4 rings (SSSR count). The average molecular weight is 299 g/mol. The molecule has 3 aromatic heterocycles. The molecule has 0 N–H and O–H groups in total. The third-order valence-corrected chi connectivity index (χ3v) is 4.67. The van der Waals surface area contributed by atoms with Gasteiger partial charge in [-0.15, -0.1) is 11.3 Å². The fourth-order valence-corrected chi connectivity index (χ4v) is 3.50. The predicted octanol–water partition coefficient (Wildman–Crippen LogP) is 2.43.